The predicted molar refractivity (Wildman–Crippen MR) is 93.1 cm³/mol. The molecule has 0 aliphatic heterocycles. The molecular formula is C20H28O4. The first-order chi connectivity index (χ1) is 11.7. The van der Waals surface area contributed by atoms with Gasteiger partial charge in [0, 0.05) is 0 Å². The van der Waals surface area contributed by atoms with E-state index in [9.17, 15) is 9.59 Å². The van der Waals surface area contributed by atoms with Crippen LogP contribution in [0.15, 0.2) is 24.3 Å². The summed E-state index contributed by atoms with van der Waals surface area (Å²) in [7, 11) is 0. The van der Waals surface area contributed by atoms with Crippen LogP contribution in [0.25, 0.3) is 0 Å². The molecule has 0 N–H and O–H groups in total. The van der Waals surface area contributed by atoms with Gasteiger partial charge in [0.1, 0.15) is 0 Å². The highest BCUT2D eigenvalue weighted by Crippen LogP contribution is 2.25. The maximum Gasteiger partial charge on any atom is 0.338 e. The Morgan fingerprint density at radius 2 is 1.67 bits per heavy atom. The Labute approximate surface area is 144 Å². The van der Waals surface area contributed by atoms with Crippen molar-refractivity contribution in [2.75, 3.05) is 13.2 Å². The van der Waals surface area contributed by atoms with Crippen LogP contribution in [0, 0.1) is 5.92 Å². The number of carbonyl (C=O) groups is 2. The lowest BCUT2D eigenvalue weighted by atomic mass is 10.1. The van der Waals surface area contributed by atoms with Gasteiger partial charge in [-0.05, 0) is 43.4 Å². The van der Waals surface area contributed by atoms with Crippen molar-refractivity contribution in [1.29, 1.82) is 0 Å². The standard InChI is InChI=1S/C20H28O4/c1-2-3-4-7-13-23-19(21)17-11-8-12-18(14-17)20(22)24-15-16-9-5-6-10-16/h8,11-12,14,16H,2-7,9-10,13,15H2,1H3. The molecule has 0 bridgehead atoms. The van der Waals surface area contributed by atoms with Crippen LogP contribution in [-0.2, 0) is 9.47 Å². The molecule has 0 atom stereocenters. The summed E-state index contributed by atoms with van der Waals surface area (Å²) in [4.78, 5) is 24.2. The Hall–Kier alpha value is -1.84. The van der Waals surface area contributed by atoms with Crippen molar-refractivity contribution in [2.24, 2.45) is 5.92 Å². The first-order valence-corrected chi connectivity index (χ1v) is 9.15. The topological polar surface area (TPSA) is 52.6 Å². The zero-order chi connectivity index (χ0) is 17.2. The van der Waals surface area contributed by atoms with Gasteiger partial charge in [-0.25, -0.2) is 9.59 Å². The zero-order valence-corrected chi connectivity index (χ0v) is 14.6. The molecule has 1 fully saturated rings. The summed E-state index contributed by atoms with van der Waals surface area (Å²) >= 11 is 0. The van der Waals surface area contributed by atoms with Crippen LogP contribution in [0.3, 0.4) is 0 Å². The summed E-state index contributed by atoms with van der Waals surface area (Å²) < 4.78 is 10.6. The number of ether oxygens (including phenoxy) is 2. The van der Waals surface area contributed by atoms with Crippen molar-refractivity contribution < 1.29 is 19.1 Å². The molecule has 0 amide bonds. The molecule has 0 heterocycles. The number of rotatable bonds is 9. The molecule has 1 aliphatic carbocycles. The summed E-state index contributed by atoms with van der Waals surface area (Å²) in [6, 6.07) is 6.60. The van der Waals surface area contributed by atoms with Gasteiger partial charge in [0.2, 0.25) is 0 Å². The molecule has 4 heteroatoms. The van der Waals surface area contributed by atoms with Crippen LogP contribution in [0.5, 0.6) is 0 Å². The van der Waals surface area contributed by atoms with Gasteiger partial charge in [-0.3, -0.25) is 0 Å². The summed E-state index contributed by atoms with van der Waals surface area (Å²) in [5, 5.41) is 0. The van der Waals surface area contributed by atoms with Gasteiger partial charge in [-0.15, -0.1) is 0 Å². The van der Waals surface area contributed by atoms with Crippen LogP contribution in [-0.4, -0.2) is 25.2 Å². The summed E-state index contributed by atoms with van der Waals surface area (Å²) in [5.74, 6) is -0.248. The van der Waals surface area contributed by atoms with E-state index in [1.165, 1.54) is 12.8 Å². The Kier molecular flexibility index (Phi) is 7.80. The number of carbonyl (C=O) groups excluding carboxylic acids is 2. The van der Waals surface area contributed by atoms with Crippen molar-refractivity contribution in [3.63, 3.8) is 0 Å². The fourth-order valence-corrected chi connectivity index (χ4v) is 3.00. The molecule has 0 radical (unpaired) electrons. The smallest absolute Gasteiger partial charge is 0.338 e. The van der Waals surface area contributed by atoms with Gasteiger partial charge in [0.05, 0.1) is 24.3 Å². The summed E-state index contributed by atoms with van der Waals surface area (Å²) in [6.07, 6.45) is 8.97. The molecule has 132 valence electrons. The normalized spacial score (nSPS) is 14.5. The number of hydrogen-bond acceptors (Lipinski definition) is 4. The molecule has 1 aromatic carbocycles. The molecule has 2 rings (SSSR count). The molecule has 4 nitrogen and oxygen atoms in total. The van der Waals surface area contributed by atoms with E-state index < -0.39 is 0 Å². The largest absolute Gasteiger partial charge is 0.462 e. The highest BCUT2D eigenvalue weighted by atomic mass is 16.5. The van der Waals surface area contributed by atoms with Crippen molar-refractivity contribution >= 4 is 11.9 Å². The van der Waals surface area contributed by atoms with E-state index in [-0.39, 0.29) is 11.9 Å². The molecule has 0 aromatic heterocycles. The predicted octanol–water partition coefficient (Wildman–Crippen LogP) is 4.77. The monoisotopic (exact) mass is 332 g/mol. The fraction of sp³-hybridized carbons (Fsp3) is 0.600. The third-order valence-electron chi connectivity index (χ3n) is 4.49. The average molecular weight is 332 g/mol. The lowest BCUT2D eigenvalue weighted by molar-refractivity contribution is 0.0442. The van der Waals surface area contributed by atoms with E-state index >= 15 is 0 Å². The van der Waals surface area contributed by atoms with E-state index in [0.29, 0.717) is 30.3 Å². The van der Waals surface area contributed by atoms with Gasteiger partial charge in [0.15, 0.2) is 0 Å². The Morgan fingerprint density at radius 3 is 2.33 bits per heavy atom. The second-order valence-electron chi connectivity index (χ2n) is 6.53. The first kappa shape index (κ1) is 18.5. The van der Waals surface area contributed by atoms with E-state index in [2.05, 4.69) is 6.92 Å². The second kappa shape index (κ2) is 10.1. The average Bonchev–Trinajstić information content (AvgIpc) is 3.13. The highest BCUT2D eigenvalue weighted by molar-refractivity contribution is 5.95. The van der Waals surface area contributed by atoms with Crippen LogP contribution in [0.4, 0.5) is 0 Å². The zero-order valence-electron chi connectivity index (χ0n) is 14.6. The number of benzene rings is 1. The van der Waals surface area contributed by atoms with E-state index in [0.717, 1.165) is 38.5 Å². The van der Waals surface area contributed by atoms with E-state index in [4.69, 9.17) is 9.47 Å². The highest BCUT2D eigenvalue weighted by Gasteiger charge is 2.18. The van der Waals surface area contributed by atoms with Gasteiger partial charge in [-0.1, -0.05) is 45.1 Å². The van der Waals surface area contributed by atoms with Gasteiger partial charge in [-0.2, -0.15) is 0 Å². The molecular weight excluding hydrogens is 304 g/mol. The lowest BCUT2D eigenvalue weighted by Gasteiger charge is -2.10. The molecule has 1 aromatic rings. The van der Waals surface area contributed by atoms with E-state index in [1.54, 1.807) is 24.3 Å². The Bertz CT molecular complexity index is 532. The van der Waals surface area contributed by atoms with Crippen molar-refractivity contribution in [2.45, 2.75) is 58.3 Å². The van der Waals surface area contributed by atoms with E-state index in [1.807, 2.05) is 0 Å². The molecule has 0 spiro atoms. The summed E-state index contributed by atoms with van der Waals surface area (Å²) in [5.41, 5.74) is 0.814. The third-order valence-corrected chi connectivity index (χ3v) is 4.49. The third kappa shape index (κ3) is 5.99. The van der Waals surface area contributed by atoms with Gasteiger partial charge in [0.25, 0.3) is 0 Å². The minimum atomic E-state index is -0.378. The molecule has 0 saturated heterocycles. The maximum atomic E-state index is 12.1. The minimum absolute atomic E-state index is 0.362. The van der Waals surface area contributed by atoms with Crippen LogP contribution < -0.4 is 0 Å². The van der Waals surface area contributed by atoms with Crippen LogP contribution in [0.1, 0.15) is 79.0 Å². The van der Waals surface area contributed by atoms with Gasteiger partial charge >= 0.3 is 11.9 Å². The molecule has 0 unspecified atom stereocenters. The molecule has 24 heavy (non-hydrogen) atoms. The van der Waals surface area contributed by atoms with Crippen LogP contribution in [0.2, 0.25) is 0 Å². The fourth-order valence-electron chi connectivity index (χ4n) is 3.00. The first-order valence-electron chi connectivity index (χ1n) is 9.15. The SMILES string of the molecule is CCCCCCOC(=O)c1cccc(C(=O)OCC2CCCC2)c1. The number of unbranched alkanes of at least 4 members (excludes halogenated alkanes) is 3. The Morgan fingerprint density at radius 1 is 1.00 bits per heavy atom. The molecule has 1 saturated carbocycles. The number of hydrogen-bond donors (Lipinski definition) is 0. The Balaban J connectivity index is 1.80. The second-order valence-corrected chi connectivity index (χ2v) is 6.53. The maximum absolute atomic E-state index is 12.1. The number of esters is 2. The van der Waals surface area contributed by atoms with Crippen LogP contribution >= 0.6 is 0 Å². The van der Waals surface area contributed by atoms with Crippen molar-refractivity contribution in [1.82, 2.24) is 0 Å². The minimum Gasteiger partial charge on any atom is -0.462 e. The van der Waals surface area contributed by atoms with Crippen molar-refractivity contribution in [3.05, 3.63) is 35.4 Å². The summed E-state index contributed by atoms with van der Waals surface area (Å²) in [6.45, 7) is 3.05. The van der Waals surface area contributed by atoms with Crippen molar-refractivity contribution in [3.8, 4) is 0 Å². The lowest BCUT2D eigenvalue weighted by Crippen LogP contribution is -2.13. The quantitative estimate of drug-likeness (QED) is 0.483. The molecule has 1 aliphatic rings. The van der Waals surface area contributed by atoms with Gasteiger partial charge < -0.3 is 9.47 Å².